The SMILES string of the molecule is CCSSCCC(=O)NCCCCCC(=O)CC. The zero-order valence-corrected chi connectivity index (χ0v) is 13.1. The van der Waals surface area contributed by atoms with Crippen molar-refractivity contribution in [2.75, 3.05) is 18.1 Å². The summed E-state index contributed by atoms with van der Waals surface area (Å²) in [6.45, 7) is 4.75. The molecule has 0 bridgehead atoms. The van der Waals surface area contributed by atoms with Crippen molar-refractivity contribution in [3.63, 3.8) is 0 Å². The van der Waals surface area contributed by atoms with Crippen molar-refractivity contribution in [3.05, 3.63) is 0 Å². The molecule has 0 aromatic carbocycles. The van der Waals surface area contributed by atoms with Crippen LogP contribution in [0.2, 0.25) is 0 Å². The summed E-state index contributed by atoms with van der Waals surface area (Å²) < 4.78 is 0. The van der Waals surface area contributed by atoms with Gasteiger partial charge >= 0.3 is 0 Å². The van der Waals surface area contributed by atoms with Gasteiger partial charge in [0.2, 0.25) is 5.91 Å². The van der Waals surface area contributed by atoms with E-state index in [0.717, 1.165) is 37.3 Å². The van der Waals surface area contributed by atoms with E-state index in [0.29, 0.717) is 25.0 Å². The summed E-state index contributed by atoms with van der Waals surface area (Å²) >= 11 is 0. The molecule has 0 rings (SSSR count). The molecule has 0 aliphatic rings. The highest BCUT2D eigenvalue weighted by molar-refractivity contribution is 8.76. The highest BCUT2D eigenvalue weighted by Gasteiger charge is 2.01. The molecule has 0 saturated heterocycles. The minimum atomic E-state index is 0.142. The van der Waals surface area contributed by atoms with E-state index in [4.69, 9.17) is 0 Å². The average molecular weight is 291 g/mol. The first-order valence-corrected chi connectivity index (χ1v) is 9.22. The van der Waals surface area contributed by atoms with Gasteiger partial charge in [0, 0.05) is 37.3 Å². The molecule has 0 aliphatic heterocycles. The molecule has 0 atom stereocenters. The van der Waals surface area contributed by atoms with Crippen LogP contribution < -0.4 is 5.32 Å². The van der Waals surface area contributed by atoms with Crippen molar-refractivity contribution < 1.29 is 9.59 Å². The zero-order chi connectivity index (χ0) is 13.6. The summed E-state index contributed by atoms with van der Waals surface area (Å²) in [6.07, 6.45) is 4.88. The van der Waals surface area contributed by atoms with E-state index in [-0.39, 0.29) is 5.91 Å². The largest absolute Gasteiger partial charge is 0.356 e. The third-order valence-corrected chi connectivity index (χ3v) is 4.94. The van der Waals surface area contributed by atoms with Crippen LogP contribution in [-0.2, 0) is 9.59 Å². The molecule has 0 fully saturated rings. The molecule has 5 heteroatoms. The van der Waals surface area contributed by atoms with Crippen LogP contribution in [0.15, 0.2) is 0 Å². The van der Waals surface area contributed by atoms with Gasteiger partial charge in [0.15, 0.2) is 0 Å². The lowest BCUT2D eigenvalue weighted by Gasteiger charge is -2.04. The summed E-state index contributed by atoms with van der Waals surface area (Å²) in [5, 5.41) is 2.92. The number of Topliss-reactive ketones (excluding diaryl/α,β-unsaturated/α-hetero) is 1. The maximum atomic E-state index is 11.4. The minimum absolute atomic E-state index is 0.142. The Bertz CT molecular complexity index is 235. The average Bonchev–Trinajstić information content (AvgIpc) is 2.38. The second-order valence-corrected chi connectivity index (χ2v) is 6.90. The molecule has 0 aliphatic carbocycles. The normalized spacial score (nSPS) is 10.3. The van der Waals surface area contributed by atoms with Gasteiger partial charge < -0.3 is 5.32 Å². The highest BCUT2D eigenvalue weighted by Crippen LogP contribution is 2.20. The quantitative estimate of drug-likeness (QED) is 0.442. The van der Waals surface area contributed by atoms with E-state index >= 15 is 0 Å². The van der Waals surface area contributed by atoms with E-state index in [1.165, 1.54) is 0 Å². The number of unbranched alkanes of at least 4 members (excludes halogenated alkanes) is 2. The fourth-order valence-corrected chi connectivity index (χ4v) is 3.05. The van der Waals surface area contributed by atoms with E-state index in [1.807, 2.05) is 6.92 Å². The van der Waals surface area contributed by atoms with Gasteiger partial charge in [0.1, 0.15) is 5.78 Å². The monoisotopic (exact) mass is 291 g/mol. The van der Waals surface area contributed by atoms with E-state index in [9.17, 15) is 9.59 Å². The Labute approximate surface area is 119 Å². The lowest BCUT2D eigenvalue weighted by Crippen LogP contribution is -2.24. The Kier molecular flexibility index (Phi) is 13.2. The number of carbonyl (C=O) groups excluding carboxylic acids is 2. The third-order valence-electron chi connectivity index (χ3n) is 2.46. The fraction of sp³-hybridized carbons (Fsp3) is 0.846. The first kappa shape index (κ1) is 17.8. The van der Waals surface area contributed by atoms with Gasteiger partial charge in [-0.25, -0.2) is 0 Å². The lowest BCUT2D eigenvalue weighted by atomic mass is 10.1. The van der Waals surface area contributed by atoms with Crippen LogP contribution in [0.1, 0.15) is 52.4 Å². The molecule has 0 radical (unpaired) electrons. The Morgan fingerprint density at radius 3 is 2.44 bits per heavy atom. The van der Waals surface area contributed by atoms with Crippen LogP contribution in [0.5, 0.6) is 0 Å². The summed E-state index contributed by atoms with van der Waals surface area (Å²) in [7, 11) is 3.55. The molecule has 0 unspecified atom stereocenters. The number of nitrogens with one attached hydrogen (secondary N) is 1. The second-order valence-electron chi connectivity index (χ2n) is 4.03. The fourth-order valence-electron chi connectivity index (χ4n) is 1.39. The maximum Gasteiger partial charge on any atom is 0.220 e. The van der Waals surface area contributed by atoms with Crippen molar-refractivity contribution in [2.24, 2.45) is 0 Å². The molecule has 0 spiro atoms. The van der Waals surface area contributed by atoms with Crippen LogP contribution in [0.4, 0.5) is 0 Å². The first-order chi connectivity index (χ1) is 8.70. The number of ketones is 1. The van der Waals surface area contributed by atoms with Crippen LogP contribution >= 0.6 is 21.6 Å². The van der Waals surface area contributed by atoms with Gasteiger partial charge in [-0.15, -0.1) is 0 Å². The summed E-state index contributed by atoms with van der Waals surface area (Å²) in [4.78, 5) is 22.5. The molecule has 0 aromatic rings. The molecule has 1 amide bonds. The minimum Gasteiger partial charge on any atom is -0.356 e. The third kappa shape index (κ3) is 12.3. The van der Waals surface area contributed by atoms with Crippen LogP contribution in [0.3, 0.4) is 0 Å². The van der Waals surface area contributed by atoms with Crippen molar-refractivity contribution in [2.45, 2.75) is 52.4 Å². The zero-order valence-electron chi connectivity index (χ0n) is 11.5. The topological polar surface area (TPSA) is 46.2 Å². The smallest absolute Gasteiger partial charge is 0.220 e. The molecule has 0 aromatic heterocycles. The Morgan fingerprint density at radius 1 is 1.00 bits per heavy atom. The molecule has 1 N–H and O–H groups in total. The number of hydrogen-bond donors (Lipinski definition) is 1. The Hall–Kier alpha value is -0.160. The lowest BCUT2D eigenvalue weighted by molar-refractivity contribution is -0.121. The van der Waals surface area contributed by atoms with Crippen LogP contribution in [-0.4, -0.2) is 29.7 Å². The van der Waals surface area contributed by atoms with Crippen molar-refractivity contribution in [1.82, 2.24) is 5.32 Å². The molecule has 0 saturated carbocycles. The molecule has 106 valence electrons. The number of carbonyl (C=O) groups is 2. The summed E-state index contributed by atoms with van der Waals surface area (Å²) in [5.74, 6) is 2.45. The van der Waals surface area contributed by atoms with Crippen molar-refractivity contribution >= 4 is 33.3 Å². The molecular weight excluding hydrogens is 266 g/mol. The van der Waals surface area contributed by atoms with Crippen molar-refractivity contribution in [1.29, 1.82) is 0 Å². The van der Waals surface area contributed by atoms with E-state index in [2.05, 4.69) is 12.2 Å². The number of rotatable bonds is 12. The van der Waals surface area contributed by atoms with Crippen LogP contribution in [0, 0.1) is 0 Å². The highest BCUT2D eigenvalue weighted by atomic mass is 33.1. The predicted molar refractivity (Wildman–Crippen MR) is 82.0 cm³/mol. The Morgan fingerprint density at radius 2 is 1.78 bits per heavy atom. The first-order valence-electron chi connectivity index (χ1n) is 6.73. The van der Waals surface area contributed by atoms with Gasteiger partial charge in [0.05, 0.1) is 0 Å². The molecule has 18 heavy (non-hydrogen) atoms. The number of hydrogen-bond acceptors (Lipinski definition) is 4. The predicted octanol–water partition coefficient (Wildman–Crippen LogP) is 3.43. The van der Waals surface area contributed by atoms with E-state index < -0.39 is 0 Å². The maximum absolute atomic E-state index is 11.4. The van der Waals surface area contributed by atoms with Gasteiger partial charge in [-0.2, -0.15) is 0 Å². The van der Waals surface area contributed by atoms with Gasteiger partial charge in [-0.3, -0.25) is 9.59 Å². The molecule has 0 heterocycles. The van der Waals surface area contributed by atoms with Crippen LogP contribution in [0.25, 0.3) is 0 Å². The second kappa shape index (κ2) is 13.3. The molecule has 3 nitrogen and oxygen atoms in total. The summed E-state index contributed by atoms with van der Waals surface area (Å²) in [6, 6.07) is 0. The molecular formula is C13H25NO2S2. The Balaban J connectivity index is 3.22. The van der Waals surface area contributed by atoms with Gasteiger partial charge in [0.25, 0.3) is 0 Å². The standard InChI is InChI=1S/C13H25NO2S2/c1-3-12(15)8-6-5-7-10-14-13(16)9-11-18-17-4-2/h3-11H2,1-2H3,(H,14,16). The summed E-state index contributed by atoms with van der Waals surface area (Å²) in [5.41, 5.74) is 0. The van der Waals surface area contributed by atoms with Gasteiger partial charge in [-0.05, 0) is 12.8 Å². The van der Waals surface area contributed by atoms with Gasteiger partial charge in [-0.1, -0.05) is 41.9 Å². The van der Waals surface area contributed by atoms with E-state index in [1.54, 1.807) is 21.6 Å². The van der Waals surface area contributed by atoms with Crippen molar-refractivity contribution in [3.8, 4) is 0 Å². The number of amides is 1.